The Bertz CT molecular complexity index is 329. The summed E-state index contributed by atoms with van der Waals surface area (Å²) in [4.78, 5) is 10.9. The van der Waals surface area contributed by atoms with E-state index < -0.39 is 5.97 Å². The zero-order valence-corrected chi connectivity index (χ0v) is 8.82. The Balaban J connectivity index is 3.13. The van der Waals surface area contributed by atoms with Gasteiger partial charge >= 0.3 is 5.97 Å². The highest BCUT2D eigenvalue weighted by molar-refractivity contribution is 5.88. The molecule has 14 heavy (non-hydrogen) atoms. The van der Waals surface area contributed by atoms with Crippen molar-refractivity contribution in [2.45, 2.75) is 39.7 Å². The van der Waals surface area contributed by atoms with Crippen LogP contribution in [0.3, 0.4) is 0 Å². The second-order valence-electron chi connectivity index (χ2n) is 3.60. The fourth-order valence-electron chi connectivity index (χ4n) is 1.50. The number of carboxylic acid groups (broad SMARTS) is 1. The molecule has 1 rings (SSSR count). The molecule has 0 aliphatic heterocycles. The molecule has 0 bridgehead atoms. The molecule has 1 aromatic heterocycles. The van der Waals surface area contributed by atoms with E-state index in [9.17, 15) is 4.79 Å². The van der Waals surface area contributed by atoms with Crippen LogP contribution >= 0.6 is 0 Å². The van der Waals surface area contributed by atoms with E-state index in [1.807, 2.05) is 20.8 Å². The minimum absolute atomic E-state index is 0.213. The second kappa shape index (κ2) is 4.26. The number of nitrogens with zero attached hydrogens (tertiary/aromatic N) is 2. The quantitative estimate of drug-likeness (QED) is 0.802. The summed E-state index contributed by atoms with van der Waals surface area (Å²) in [5, 5.41) is 13.0. The van der Waals surface area contributed by atoms with Gasteiger partial charge in [-0.05, 0) is 20.3 Å². The molecular formula is C10H16N2O2. The van der Waals surface area contributed by atoms with Crippen molar-refractivity contribution in [1.82, 2.24) is 9.78 Å². The first-order chi connectivity index (χ1) is 6.57. The van der Waals surface area contributed by atoms with Crippen molar-refractivity contribution in [2.75, 3.05) is 0 Å². The third-order valence-corrected chi connectivity index (χ3v) is 2.11. The Morgan fingerprint density at radius 1 is 1.64 bits per heavy atom. The van der Waals surface area contributed by atoms with Crippen molar-refractivity contribution < 1.29 is 9.90 Å². The number of carboxylic acids is 1. The Labute approximate surface area is 83.5 Å². The molecule has 1 N–H and O–H groups in total. The van der Waals surface area contributed by atoms with Gasteiger partial charge in [0.15, 0.2) is 0 Å². The highest BCUT2D eigenvalue weighted by atomic mass is 16.4. The molecule has 4 nitrogen and oxygen atoms in total. The largest absolute Gasteiger partial charge is 0.478 e. The molecule has 0 aliphatic rings. The molecule has 0 aromatic carbocycles. The smallest absolute Gasteiger partial charge is 0.339 e. The number of aromatic carboxylic acids is 1. The first-order valence-corrected chi connectivity index (χ1v) is 4.87. The highest BCUT2D eigenvalue weighted by Crippen LogP contribution is 2.15. The van der Waals surface area contributed by atoms with E-state index in [4.69, 9.17) is 5.11 Å². The SMILES string of the molecule is CCCc1c(C(=O)O)cnn1C(C)C. The lowest BCUT2D eigenvalue weighted by Crippen LogP contribution is -2.10. The number of rotatable bonds is 4. The lowest BCUT2D eigenvalue weighted by molar-refractivity contribution is 0.0695. The number of aromatic nitrogens is 2. The van der Waals surface area contributed by atoms with Gasteiger partial charge in [0.25, 0.3) is 0 Å². The molecule has 0 aliphatic carbocycles. The molecule has 0 saturated heterocycles. The van der Waals surface area contributed by atoms with Gasteiger partial charge in [0.2, 0.25) is 0 Å². The average molecular weight is 196 g/mol. The van der Waals surface area contributed by atoms with Crippen LogP contribution in [-0.2, 0) is 6.42 Å². The average Bonchev–Trinajstić information content (AvgIpc) is 2.48. The van der Waals surface area contributed by atoms with Crippen molar-refractivity contribution in [3.63, 3.8) is 0 Å². The summed E-state index contributed by atoms with van der Waals surface area (Å²) in [6.45, 7) is 6.03. The van der Waals surface area contributed by atoms with Gasteiger partial charge in [0, 0.05) is 6.04 Å². The number of hydrogen-bond acceptors (Lipinski definition) is 2. The maximum Gasteiger partial charge on any atom is 0.339 e. The van der Waals surface area contributed by atoms with Gasteiger partial charge in [-0.15, -0.1) is 0 Å². The van der Waals surface area contributed by atoms with Gasteiger partial charge in [0.1, 0.15) is 5.56 Å². The minimum Gasteiger partial charge on any atom is -0.478 e. The maximum absolute atomic E-state index is 10.9. The monoisotopic (exact) mass is 196 g/mol. The van der Waals surface area contributed by atoms with Crippen LogP contribution in [0, 0.1) is 0 Å². The summed E-state index contributed by atoms with van der Waals surface area (Å²) < 4.78 is 1.78. The fourth-order valence-corrected chi connectivity index (χ4v) is 1.50. The molecule has 0 radical (unpaired) electrons. The zero-order chi connectivity index (χ0) is 10.7. The van der Waals surface area contributed by atoms with E-state index >= 15 is 0 Å². The zero-order valence-electron chi connectivity index (χ0n) is 8.82. The molecule has 1 heterocycles. The molecule has 4 heteroatoms. The Morgan fingerprint density at radius 2 is 2.29 bits per heavy atom. The number of hydrogen-bond donors (Lipinski definition) is 1. The summed E-state index contributed by atoms with van der Waals surface area (Å²) in [7, 11) is 0. The second-order valence-corrected chi connectivity index (χ2v) is 3.60. The molecule has 0 fully saturated rings. The van der Waals surface area contributed by atoms with Crippen LogP contribution in [0.4, 0.5) is 0 Å². The van der Waals surface area contributed by atoms with Crippen molar-refractivity contribution in [2.24, 2.45) is 0 Å². The van der Waals surface area contributed by atoms with Gasteiger partial charge in [-0.3, -0.25) is 4.68 Å². The third-order valence-electron chi connectivity index (χ3n) is 2.11. The minimum atomic E-state index is -0.889. The molecule has 0 unspecified atom stereocenters. The molecule has 1 aromatic rings. The first kappa shape index (κ1) is 10.8. The van der Waals surface area contributed by atoms with Gasteiger partial charge < -0.3 is 5.11 Å². The fraction of sp³-hybridized carbons (Fsp3) is 0.600. The van der Waals surface area contributed by atoms with E-state index in [2.05, 4.69) is 5.10 Å². The lowest BCUT2D eigenvalue weighted by atomic mass is 10.1. The summed E-state index contributed by atoms with van der Waals surface area (Å²) in [6.07, 6.45) is 3.13. The van der Waals surface area contributed by atoms with Crippen molar-refractivity contribution in [3.05, 3.63) is 17.5 Å². The summed E-state index contributed by atoms with van der Waals surface area (Å²) >= 11 is 0. The summed E-state index contributed by atoms with van der Waals surface area (Å²) in [5.74, 6) is -0.889. The van der Waals surface area contributed by atoms with Crippen LogP contribution in [0.1, 0.15) is 49.3 Å². The maximum atomic E-state index is 10.9. The van der Waals surface area contributed by atoms with E-state index in [0.29, 0.717) is 5.56 Å². The van der Waals surface area contributed by atoms with E-state index in [0.717, 1.165) is 18.5 Å². The van der Waals surface area contributed by atoms with Gasteiger partial charge in [-0.25, -0.2) is 4.79 Å². The predicted molar refractivity (Wildman–Crippen MR) is 53.6 cm³/mol. The van der Waals surface area contributed by atoms with E-state index in [-0.39, 0.29) is 6.04 Å². The highest BCUT2D eigenvalue weighted by Gasteiger charge is 2.16. The van der Waals surface area contributed by atoms with Crippen molar-refractivity contribution in [3.8, 4) is 0 Å². The van der Waals surface area contributed by atoms with Crippen molar-refractivity contribution >= 4 is 5.97 Å². The molecule has 0 spiro atoms. The molecule has 0 atom stereocenters. The first-order valence-electron chi connectivity index (χ1n) is 4.87. The number of carbonyl (C=O) groups is 1. The third kappa shape index (κ3) is 1.95. The Kier molecular flexibility index (Phi) is 3.28. The van der Waals surface area contributed by atoms with Gasteiger partial charge in [-0.1, -0.05) is 13.3 Å². The predicted octanol–water partition coefficient (Wildman–Crippen LogP) is 2.11. The van der Waals surface area contributed by atoms with Crippen molar-refractivity contribution in [1.29, 1.82) is 0 Å². The van der Waals surface area contributed by atoms with Crippen LogP contribution in [0.2, 0.25) is 0 Å². The standard InChI is InChI=1S/C10H16N2O2/c1-4-5-9-8(10(13)14)6-11-12(9)7(2)3/h6-7H,4-5H2,1-3H3,(H,13,14). The van der Waals surface area contributed by atoms with Gasteiger partial charge in [0.05, 0.1) is 11.9 Å². The molecular weight excluding hydrogens is 180 g/mol. The topological polar surface area (TPSA) is 55.1 Å². The molecule has 0 amide bonds. The van der Waals surface area contributed by atoms with E-state index in [1.54, 1.807) is 4.68 Å². The van der Waals surface area contributed by atoms with Crippen LogP contribution in [0.25, 0.3) is 0 Å². The summed E-state index contributed by atoms with van der Waals surface area (Å²) in [6, 6.07) is 0.213. The Hall–Kier alpha value is -1.32. The Morgan fingerprint density at radius 3 is 2.71 bits per heavy atom. The normalized spacial score (nSPS) is 10.9. The van der Waals surface area contributed by atoms with Crippen LogP contribution in [-0.4, -0.2) is 20.9 Å². The van der Waals surface area contributed by atoms with E-state index in [1.165, 1.54) is 6.20 Å². The van der Waals surface area contributed by atoms with Crippen LogP contribution in [0.15, 0.2) is 6.20 Å². The van der Waals surface area contributed by atoms with Gasteiger partial charge in [-0.2, -0.15) is 5.10 Å². The molecule has 78 valence electrons. The lowest BCUT2D eigenvalue weighted by Gasteiger charge is -2.10. The van der Waals surface area contributed by atoms with Crippen LogP contribution < -0.4 is 0 Å². The summed E-state index contributed by atoms with van der Waals surface area (Å²) in [5.41, 5.74) is 1.16. The molecule has 0 saturated carbocycles. The van der Waals surface area contributed by atoms with Crippen LogP contribution in [0.5, 0.6) is 0 Å².